The van der Waals surface area contributed by atoms with Crippen molar-refractivity contribution in [2.24, 2.45) is 0 Å². The van der Waals surface area contributed by atoms with Gasteiger partial charge in [0, 0.05) is 6.92 Å². The Morgan fingerprint density at radius 2 is 2.08 bits per heavy atom. The van der Waals surface area contributed by atoms with Crippen molar-refractivity contribution >= 4 is 34.7 Å². The van der Waals surface area contributed by atoms with Gasteiger partial charge in [0.05, 0.1) is 0 Å². The van der Waals surface area contributed by atoms with Crippen LogP contribution in [0.2, 0.25) is 0 Å². The van der Waals surface area contributed by atoms with Crippen molar-refractivity contribution in [2.45, 2.75) is 23.7 Å². The van der Waals surface area contributed by atoms with Crippen LogP contribution in [-0.4, -0.2) is 32.1 Å². The van der Waals surface area contributed by atoms with E-state index >= 15 is 0 Å². The monoisotopic (exact) mass is 303 g/mol. The number of carbonyl (C=O) groups excluding carboxylic acids is 1. The molecule has 0 rings (SSSR count). The molecule has 0 aliphatic rings. The molecule has 3 N–H and O–H groups in total. The SMILES string of the molecule is CC(I)C(=O)OC(C)(O)NC(=O)O. The van der Waals surface area contributed by atoms with Crippen LogP contribution >= 0.6 is 22.6 Å². The van der Waals surface area contributed by atoms with Gasteiger partial charge >= 0.3 is 12.1 Å². The van der Waals surface area contributed by atoms with Gasteiger partial charge in [-0.2, -0.15) is 0 Å². The van der Waals surface area contributed by atoms with E-state index in [-0.39, 0.29) is 0 Å². The number of nitrogens with one attached hydrogen (secondary N) is 1. The van der Waals surface area contributed by atoms with Crippen LogP contribution in [0.1, 0.15) is 13.8 Å². The first-order valence-corrected chi connectivity index (χ1v) is 4.59. The number of esters is 1. The van der Waals surface area contributed by atoms with Crippen molar-refractivity contribution in [3.05, 3.63) is 0 Å². The molecule has 76 valence electrons. The molecule has 0 heterocycles. The molecule has 0 aliphatic heterocycles. The Balaban J connectivity index is 4.16. The van der Waals surface area contributed by atoms with Gasteiger partial charge in [0.1, 0.15) is 3.92 Å². The third-order valence-corrected chi connectivity index (χ3v) is 1.47. The predicted molar refractivity (Wildman–Crippen MR) is 51.4 cm³/mol. The average Bonchev–Trinajstić information content (AvgIpc) is 1.81. The van der Waals surface area contributed by atoms with Crippen LogP contribution in [0.15, 0.2) is 0 Å². The van der Waals surface area contributed by atoms with Crippen LogP contribution in [0.25, 0.3) is 0 Å². The van der Waals surface area contributed by atoms with Crippen LogP contribution < -0.4 is 5.32 Å². The number of ether oxygens (including phenoxy) is 1. The lowest BCUT2D eigenvalue weighted by molar-refractivity contribution is -0.208. The molecular weight excluding hydrogens is 293 g/mol. The summed E-state index contributed by atoms with van der Waals surface area (Å²) >= 11 is 1.78. The quantitative estimate of drug-likeness (QED) is 0.301. The van der Waals surface area contributed by atoms with Crippen LogP contribution in [0.3, 0.4) is 0 Å². The Morgan fingerprint density at radius 3 is 2.38 bits per heavy atom. The molecule has 6 nitrogen and oxygen atoms in total. The molecule has 0 aliphatic carbocycles. The van der Waals surface area contributed by atoms with Gasteiger partial charge in [-0.15, -0.1) is 0 Å². The topological polar surface area (TPSA) is 95.9 Å². The van der Waals surface area contributed by atoms with Crippen molar-refractivity contribution in [1.82, 2.24) is 5.32 Å². The highest BCUT2D eigenvalue weighted by molar-refractivity contribution is 14.1. The minimum absolute atomic E-state index is 0.459. The van der Waals surface area contributed by atoms with E-state index in [1.54, 1.807) is 34.8 Å². The van der Waals surface area contributed by atoms with Crippen molar-refractivity contribution in [3.63, 3.8) is 0 Å². The maximum absolute atomic E-state index is 10.9. The molecule has 13 heavy (non-hydrogen) atoms. The first-order chi connectivity index (χ1) is 5.74. The fourth-order valence-corrected chi connectivity index (χ4v) is 0.628. The first-order valence-electron chi connectivity index (χ1n) is 3.35. The predicted octanol–water partition coefficient (Wildman–Crippen LogP) is 0.287. The molecule has 2 unspecified atom stereocenters. The van der Waals surface area contributed by atoms with Gasteiger partial charge < -0.3 is 14.9 Å². The maximum atomic E-state index is 10.9. The van der Waals surface area contributed by atoms with Crippen molar-refractivity contribution in [1.29, 1.82) is 0 Å². The van der Waals surface area contributed by atoms with Crippen molar-refractivity contribution in [2.75, 3.05) is 0 Å². The highest BCUT2D eigenvalue weighted by Crippen LogP contribution is 2.08. The Hall–Kier alpha value is -0.570. The Morgan fingerprint density at radius 1 is 1.62 bits per heavy atom. The number of hydrogen-bond acceptors (Lipinski definition) is 4. The highest BCUT2D eigenvalue weighted by atomic mass is 127. The van der Waals surface area contributed by atoms with Gasteiger partial charge in [-0.3, -0.25) is 10.1 Å². The number of carbonyl (C=O) groups is 2. The Kier molecular flexibility index (Phi) is 4.40. The molecule has 0 radical (unpaired) electrons. The number of aliphatic hydroxyl groups is 1. The summed E-state index contributed by atoms with van der Waals surface area (Å²) in [6.45, 7) is 2.58. The Labute approximate surface area is 88.4 Å². The average molecular weight is 303 g/mol. The van der Waals surface area contributed by atoms with E-state index in [0.29, 0.717) is 0 Å². The molecule has 0 fully saturated rings. The lowest BCUT2D eigenvalue weighted by Gasteiger charge is -2.23. The fraction of sp³-hybridized carbons (Fsp3) is 0.667. The van der Waals surface area contributed by atoms with Crippen molar-refractivity contribution < 1.29 is 24.5 Å². The molecule has 0 bridgehead atoms. The number of carboxylic acid groups (broad SMARTS) is 1. The van der Waals surface area contributed by atoms with Gasteiger partial charge in [-0.25, -0.2) is 4.79 Å². The summed E-state index contributed by atoms with van der Waals surface area (Å²) in [4.78, 5) is 21.0. The van der Waals surface area contributed by atoms with E-state index in [4.69, 9.17) is 10.2 Å². The van der Waals surface area contributed by atoms with E-state index in [9.17, 15) is 9.59 Å². The second-order valence-electron chi connectivity index (χ2n) is 2.45. The fourth-order valence-electron chi connectivity index (χ4n) is 0.501. The number of alkyl halides is 1. The molecule has 1 amide bonds. The minimum Gasteiger partial charge on any atom is -0.465 e. The zero-order chi connectivity index (χ0) is 10.6. The second-order valence-corrected chi connectivity index (χ2v) is 4.32. The van der Waals surface area contributed by atoms with Crippen molar-refractivity contribution in [3.8, 4) is 0 Å². The molecule has 7 heteroatoms. The van der Waals surface area contributed by atoms with E-state index in [0.717, 1.165) is 6.92 Å². The van der Waals surface area contributed by atoms with E-state index < -0.39 is 21.9 Å². The summed E-state index contributed by atoms with van der Waals surface area (Å²) in [5.41, 5.74) is 0. The maximum Gasteiger partial charge on any atom is 0.409 e. The van der Waals surface area contributed by atoms with Crippen LogP contribution in [-0.2, 0) is 9.53 Å². The smallest absolute Gasteiger partial charge is 0.409 e. The molecule has 0 saturated carbocycles. The van der Waals surface area contributed by atoms with E-state index in [1.807, 2.05) is 0 Å². The van der Waals surface area contributed by atoms with Crippen LogP contribution in [0, 0.1) is 0 Å². The molecular formula is C6H10INO5. The number of halogens is 1. The van der Waals surface area contributed by atoms with Gasteiger partial charge in [0.25, 0.3) is 5.91 Å². The third-order valence-electron chi connectivity index (χ3n) is 0.963. The molecule has 2 atom stereocenters. The highest BCUT2D eigenvalue weighted by Gasteiger charge is 2.28. The van der Waals surface area contributed by atoms with Gasteiger partial charge in [0.2, 0.25) is 0 Å². The van der Waals surface area contributed by atoms with E-state index in [1.165, 1.54) is 0 Å². The summed E-state index contributed by atoms with van der Waals surface area (Å²) in [7, 11) is 0. The second kappa shape index (κ2) is 4.61. The van der Waals surface area contributed by atoms with Crippen LogP contribution in [0.4, 0.5) is 4.79 Å². The summed E-state index contributed by atoms with van der Waals surface area (Å²) < 4.78 is 3.97. The molecule has 0 aromatic heterocycles. The number of amides is 1. The molecule has 0 aromatic carbocycles. The van der Waals surface area contributed by atoms with Gasteiger partial charge in [-0.05, 0) is 6.92 Å². The molecule has 0 spiro atoms. The molecule has 0 saturated heterocycles. The van der Waals surface area contributed by atoms with Crippen LogP contribution in [0.5, 0.6) is 0 Å². The van der Waals surface area contributed by atoms with Gasteiger partial charge in [-0.1, -0.05) is 22.6 Å². The summed E-state index contributed by atoms with van der Waals surface area (Å²) in [5.74, 6) is -2.87. The summed E-state index contributed by atoms with van der Waals surface area (Å²) in [6, 6.07) is 0. The van der Waals surface area contributed by atoms with E-state index in [2.05, 4.69) is 4.74 Å². The minimum atomic E-state index is -2.18. The normalized spacial score (nSPS) is 16.9. The molecule has 0 aromatic rings. The zero-order valence-corrected chi connectivity index (χ0v) is 9.23. The zero-order valence-electron chi connectivity index (χ0n) is 7.07. The largest absolute Gasteiger partial charge is 0.465 e. The lowest BCUT2D eigenvalue weighted by Crippen LogP contribution is -2.49. The van der Waals surface area contributed by atoms with Gasteiger partial charge in [0.15, 0.2) is 0 Å². The summed E-state index contributed by atoms with van der Waals surface area (Å²) in [5, 5.41) is 19.0. The number of rotatable bonds is 3. The first kappa shape index (κ1) is 12.4. The summed E-state index contributed by atoms with van der Waals surface area (Å²) in [6.07, 6.45) is -1.47. The number of hydrogen-bond donors (Lipinski definition) is 3. The third kappa shape index (κ3) is 5.64. The Bertz CT molecular complexity index is 215. The standard InChI is InChI=1S/C6H10INO5/c1-3(7)4(9)13-6(2,12)8-5(10)11/h3,8,12H,1-2H3,(H,10,11). The lowest BCUT2D eigenvalue weighted by atomic mass is 10.5.